The molecule has 3 rings (SSSR count). The minimum atomic E-state index is -1.09. The molecule has 138 valence electrons. The molecule has 0 aliphatic rings. The van der Waals surface area contributed by atoms with Crippen molar-refractivity contribution in [3.05, 3.63) is 70.0 Å². The molecule has 0 aliphatic carbocycles. The van der Waals surface area contributed by atoms with E-state index in [0.29, 0.717) is 33.0 Å². The predicted octanol–water partition coefficient (Wildman–Crippen LogP) is 3.97. The number of rotatable bonds is 6. The third kappa shape index (κ3) is 4.67. The molecule has 2 aromatic carbocycles. The van der Waals surface area contributed by atoms with E-state index in [4.69, 9.17) is 23.2 Å². The Kier molecular flexibility index (Phi) is 5.78. The number of nitrogens with one attached hydrogen (secondary N) is 2. The van der Waals surface area contributed by atoms with Crippen LogP contribution in [-0.2, 0) is 11.3 Å². The van der Waals surface area contributed by atoms with Crippen LogP contribution in [0.5, 0.6) is 0 Å². The molecule has 27 heavy (non-hydrogen) atoms. The van der Waals surface area contributed by atoms with Crippen LogP contribution in [0, 0.1) is 0 Å². The second kappa shape index (κ2) is 8.24. The van der Waals surface area contributed by atoms with Gasteiger partial charge in [0.25, 0.3) is 0 Å². The second-order valence-electron chi connectivity index (χ2n) is 5.81. The van der Waals surface area contributed by atoms with Crippen LogP contribution in [0.1, 0.15) is 15.9 Å². The summed E-state index contributed by atoms with van der Waals surface area (Å²) >= 11 is 12.3. The lowest BCUT2D eigenvalue weighted by molar-refractivity contribution is -0.119. The van der Waals surface area contributed by atoms with Crippen molar-refractivity contribution in [1.29, 1.82) is 0 Å². The van der Waals surface area contributed by atoms with E-state index in [2.05, 4.69) is 15.6 Å². The van der Waals surface area contributed by atoms with Crippen LogP contribution in [-0.4, -0.2) is 28.5 Å². The van der Waals surface area contributed by atoms with Crippen molar-refractivity contribution in [2.75, 3.05) is 11.9 Å². The van der Waals surface area contributed by atoms with E-state index in [0.717, 1.165) is 5.56 Å². The third-order valence-corrected chi connectivity index (χ3v) is 4.38. The first-order valence-electron chi connectivity index (χ1n) is 7.99. The van der Waals surface area contributed by atoms with Crippen molar-refractivity contribution in [3.63, 3.8) is 0 Å². The lowest BCUT2D eigenvalue weighted by Crippen LogP contribution is -2.29. The maximum absolute atomic E-state index is 12.1. The van der Waals surface area contributed by atoms with Gasteiger partial charge in [0.05, 0.1) is 17.1 Å². The van der Waals surface area contributed by atoms with E-state index in [1.54, 1.807) is 30.6 Å². The Balaban J connectivity index is 1.79. The van der Waals surface area contributed by atoms with Gasteiger partial charge in [-0.3, -0.25) is 9.78 Å². The maximum atomic E-state index is 12.1. The van der Waals surface area contributed by atoms with Crippen molar-refractivity contribution in [3.8, 4) is 0 Å². The number of carbonyl (C=O) groups is 2. The van der Waals surface area contributed by atoms with Crippen LogP contribution < -0.4 is 10.6 Å². The number of aromatic carboxylic acids is 1. The number of hydrogen-bond acceptors (Lipinski definition) is 4. The van der Waals surface area contributed by atoms with Gasteiger partial charge in [0, 0.05) is 35.0 Å². The fraction of sp³-hybridized carbons (Fsp3) is 0.105. The molecule has 1 amide bonds. The summed E-state index contributed by atoms with van der Waals surface area (Å²) in [7, 11) is 0. The van der Waals surface area contributed by atoms with Crippen LogP contribution in [0.4, 0.5) is 5.69 Å². The third-order valence-electron chi connectivity index (χ3n) is 3.86. The lowest BCUT2D eigenvalue weighted by atomic mass is 10.0. The average Bonchev–Trinajstić information content (AvgIpc) is 2.64. The SMILES string of the molecule is O=C(CNc1cc(C(=O)O)cc2cc(Cl)cc(Cl)c12)NCc1cccnc1. The number of hydrogen-bond donors (Lipinski definition) is 3. The molecule has 0 atom stereocenters. The van der Waals surface area contributed by atoms with Gasteiger partial charge < -0.3 is 15.7 Å². The normalized spacial score (nSPS) is 10.6. The molecule has 8 heteroatoms. The fourth-order valence-electron chi connectivity index (χ4n) is 2.63. The zero-order valence-corrected chi connectivity index (χ0v) is 15.5. The molecule has 3 N–H and O–H groups in total. The first-order chi connectivity index (χ1) is 12.9. The molecule has 0 spiro atoms. The smallest absolute Gasteiger partial charge is 0.335 e. The Morgan fingerprint density at radius 1 is 1.15 bits per heavy atom. The van der Waals surface area contributed by atoms with Crippen molar-refractivity contribution in [2.45, 2.75) is 6.54 Å². The van der Waals surface area contributed by atoms with Gasteiger partial charge in [-0.2, -0.15) is 0 Å². The number of aromatic nitrogens is 1. The van der Waals surface area contributed by atoms with E-state index in [-0.39, 0.29) is 18.0 Å². The summed E-state index contributed by atoms with van der Waals surface area (Å²) in [5, 5.41) is 17.0. The van der Waals surface area contributed by atoms with Crippen LogP contribution in [0.3, 0.4) is 0 Å². The van der Waals surface area contributed by atoms with Crippen LogP contribution in [0.15, 0.2) is 48.8 Å². The molecular formula is C19H15Cl2N3O3. The minimum Gasteiger partial charge on any atom is -0.478 e. The topological polar surface area (TPSA) is 91.3 Å². The molecule has 0 saturated carbocycles. The van der Waals surface area contributed by atoms with Crippen LogP contribution in [0.2, 0.25) is 10.0 Å². The minimum absolute atomic E-state index is 0.0443. The molecule has 3 aromatic rings. The van der Waals surface area contributed by atoms with Gasteiger partial charge in [0.2, 0.25) is 5.91 Å². The highest BCUT2D eigenvalue weighted by Crippen LogP contribution is 2.34. The molecular weight excluding hydrogens is 389 g/mol. The zero-order chi connectivity index (χ0) is 19.4. The molecule has 0 radical (unpaired) electrons. The van der Waals surface area contributed by atoms with Crippen molar-refractivity contribution < 1.29 is 14.7 Å². The second-order valence-corrected chi connectivity index (χ2v) is 6.65. The highest BCUT2D eigenvalue weighted by molar-refractivity contribution is 6.39. The van der Waals surface area contributed by atoms with E-state index >= 15 is 0 Å². The van der Waals surface area contributed by atoms with E-state index in [1.165, 1.54) is 12.1 Å². The number of carboxylic acids is 1. The summed E-state index contributed by atoms with van der Waals surface area (Å²) in [6, 6.07) is 9.77. The maximum Gasteiger partial charge on any atom is 0.335 e. The number of halogens is 2. The van der Waals surface area contributed by atoms with Gasteiger partial charge in [-0.15, -0.1) is 0 Å². The highest BCUT2D eigenvalue weighted by atomic mass is 35.5. The molecule has 6 nitrogen and oxygen atoms in total. The number of pyridine rings is 1. The Morgan fingerprint density at radius 2 is 1.96 bits per heavy atom. The number of carboxylic acid groups (broad SMARTS) is 1. The number of carbonyl (C=O) groups excluding carboxylic acids is 1. The van der Waals surface area contributed by atoms with Gasteiger partial charge in [-0.25, -0.2) is 4.79 Å². The standard InChI is InChI=1S/C19H15Cl2N3O3/c20-14-5-12-4-13(19(26)27)6-16(18(12)15(21)7-14)23-10-17(25)24-9-11-2-1-3-22-8-11/h1-8,23H,9-10H2,(H,24,25)(H,26,27). The Hall–Kier alpha value is -2.83. The van der Waals surface area contributed by atoms with Gasteiger partial charge >= 0.3 is 5.97 Å². The molecule has 0 saturated heterocycles. The van der Waals surface area contributed by atoms with Crippen LogP contribution >= 0.6 is 23.2 Å². The van der Waals surface area contributed by atoms with Gasteiger partial charge in [0.1, 0.15) is 0 Å². The number of benzene rings is 2. The molecule has 1 heterocycles. The Labute approximate surface area is 165 Å². The molecule has 0 bridgehead atoms. The first-order valence-corrected chi connectivity index (χ1v) is 8.75. The van der Waals surface area contributed by atoms with Crippen molar-refractivity contribution in [2.24, 2.45) is 0 Å². The summed E-state index contributed by atoms with van der Waals surface area (Å²) in [6.07, 6.45) is 3.32. The number of nitrogens with zero attached hydrogens (tertiary/aromatic N) is 1. The predicted molar refractivity (Wildman–Crippen MR) is 106 cm³/mol. The lowest BCUT2D eigenvalue weighted by Gasteiger charge is -2.13. The van der Waals surface area contributed by atoms with Gasteiger partial charge in [0.15, 0.2) is 0 Å². The largest absolute Gasteiger partial charge is 0.478 e. The monoisotopic (exact) mass is 403 g/mol. The van der Waals surface area contributed by atoms with Crippen LogP contribution in [0.25, 0.3) is 10.8 Å². The Morgan fingerprint density at radius 3 is 2.67 bits per heavy atom. The summed E-state index contributed by atoms with van der Waals surface area (Å²) in [6.45, 7) is 0.304. The highest BCUT2D eigenvalue weighted by Gasteiger charge is 2.13. The average molecular weight is 404 g/mol. The summed E-state index contributed by atoms with van der Waals surface area (Å²) < 4.78 is 0. The summed E-state index contributed by atoms with van der Waals surface area (Å²) in [5.41, 5.74) is 1.39. The number of amides is 1. The van der Waals surface area contributed by atoms with Gasteiger partial charge in [-0.05, 0) is 41.3 Å². The van der Waals surface area contributed by atoms with Crippen molar-refractivity contribution >= 4 is 51.5 Å². The first kappa shape index (κ1) is 18.9. The number of anilines is 1. The molecule has 0 fully saturated rings. The molecule has 0 aliphatic heterocycles. The summed E-state index contributed by atoms with van der Waals surface area (Å²) in [4.78, 5) is 27.5. The zero-order valence-electron chi connectivity index (χ0n) is 14.0. The van der Waals surface area contributed by atoms with Gasteiger partial charge in [-0.1, -0.05) is 29.3 Å². The number of fused-ring (bicyclic) bond motifs is 1. The summed E-state index contributed by atoms with van der Waals surface area (Å²) in [5.74, 6) is -1.34. The van der Waals surface area contributed by atoms with E-state index in [1.807, 2.05) is 6.07 Å². The molecule has 1 aromatic heterocycles. The quantitative estimate of drug-likeness (QED) is 0.579. The van der Waals surface area contributed by atoms with E-state index in [9.17, 15) is 14.7 Å². The van der Waals surface area contributed by atoms with Crippen molar-refractivity contribution in [1.82, 2.24) is 10.3 Å². The Bertz CT molecular complexity index is 1010. The molecule has 0 unspecified atom stereocenters. The fourth-order valence-corrected chi connectivity index (χ4v) is 3.24. The van der Waals surface area contributed by atoms with E-state index < -0.39 is 5.97 Å².